The normalized spacial score (nSPS) is 17.9. The van der Waals surface area contributed by atoms with Gasteiger partial charge in [0.25, 0.3) is 5.17 Å². The van der Waals surface area contributed by atoms with E-state index in [4.69, 9.17) is 19.9 Å². The van der Waals surface area contributed by atoms with Crippen LogP contribution in [0.1, 0.15) is 5.56 Å². The molecule has 0 aromatic heterocycles. The largest absolute Gasteiger partial charge is 0.496 e. The summed E-state index contributed by atoms with van der Waals surface area (Å²) in [4.78, 5) is 9.02. The highest BCUT2D eigenvalue weighted by Crippen LogP contribution is 2.28. The molecule has 0 aliphatic carbocycles. The monoisotopic (exact) mass is 378 g/mol. The van der Waals surface area contributed by atoms with Crippen molar-refractivity contribution in [1.82, 2.24) is 5.32 Å². The maximum Gasteiger partial charge on any atom is 0.307 e. The lowest BCUT2D eigenvalue weighted by molar-refractivity contribution is -0.550. The van der Waals surface area contributed by atoms with E-state index in [2.05, 4.69) is 19.9 Å². The van der Waals surface area contributed by atoms with Gasteiger partial charge in [0.2, 0.25) is 0 Å². The fourth-order valence-corrected chi connectivity index (χ4v) is 3.62. The second-order valence-corrected chi connectivity index (χ2v) is 6.65. The van der Waals surface area contributed by atoms with Gasteiger partial charge in [-0.1, -0.05) is 6.07 Å². The molecule has 2 heterocycles. The van der Waals surface area contributed by atoms with E-state index < -0.39 is 0 Å². The van der Waals surface area contributed by atoms with E-state index in [0.29, 0.717) is 12.5 Å². The Kier molecular flexibility index (Phi) is 6.35. The van der Waals surface area contributed by atoms with E-state index in [1.165, 1.54) is 0 Å². The van der Waals surface area contributed by atoms with E-state index in [1.807, 2.05) is 18.2 Å². The molecule has 2 aliphatic heterocycles. The molecule has 1 saturated heterocycles. The van der Waals surface area contributed by atoms with Crippen molar-refractivity contribution >= 4 is 28.7 Å². The molecule has 0 radical (unpaired) electrons. The van der Waals surface area contributed by atoms with Crippen LogP contribution in [-0.2, 0) is 11.3 Å². The minimum Gasteiger partial charge on any atom is -0.496 e. The van der Waals surface area contributed by atoms with Crippen LogP contribution in [0.4, 0.5) is 0 Å². The number of guanidine groups is 1. The van der Waals surface area contributed by atoms with Crippen LogP contribution in [0.5, 0.6) is 11.5 Å². The van der Waals surface area contributed by atoms with Crippen LogP contribution in [0.15, 0.2) is 28.2 Å². The number of aliphatic imine (C=N–C) groups is 2. The zero-order valence-corrected chi connectivity index (χ0v) is 15.8. The number of ether oxygens (including phenoxy) is 3. The first kappa shape index (κ1) is 18.5. The van der Waals surface area contributed by atoms with Crippen molar-refractivity contribution in [2.75, 3.05) is 46.3 Å². The molecule has 2 aliphatic rings. The van der Waals surface area contributed by atoms with Crippen molar-refractivity contribution in [2.45, 2.75) is 6.54 Å². The SMILES string of the molecule is COc1cccc(OC)c1CN=C(N)NC1=NC(=[N+]2CCOCC2)CS1. The average Bonchev–Trinajstić information content (AvgIpc) is 3.15. The highest BCUT2D eigenvalue weighted by Gasteiger charge is 2.27. The standard InChI is InChI=1S/C17H23N5O3S/c1-23-13-4-3-5-14(24-2)12(13)10-19-16(18)21-17-20-15(11-26-17)22-6-8-25-9-7-22/h3-5H,6-11H2,1-2H3,(H2,18,19)/p+1. The Morgan fingerprint density at radius 3 is 2.65 bits per heavy atom. The summed E-state index contributed by atoms with van der Waals surface area (Å²) in [6, 6.07) is 5.62. The topological polar surface area (TPSA) is 93.5 Å². The molecule has 1 fully saturated rings. The summed E-state index contributed by atoms with van der Waals surface area (Å²) in [5, 5.41) is 3.84. The van der Waals surface area contributed by atoms with E-state index in [1.54, 1.807) is 26.0 Å². The van der Waals surface area contributed by atoms with Gasteiger partial charge in [-0.2, -0.15) is 0 Å². The minimum absolute atomic E-state index is 0.312. The lowest BCUT2D eigenvalue weighted by Crippen LogP contribution is -2.35. The summed E-state index contributed by atoms with van der Waals surface area (Å²) < 4.78 is 18.4. The van der Waals surface area contributed by atoms with E-state index in [9.17, 15) is 0 Å². The molecule has 0 spiro atoms. The summed E-state index contributed by atoms with van der Waals surface area (Å²) in [7, 11) is 3.24. The summed E-state index contributed by atoms with van der Waals surface area (Å²) in [5.41, 5.74) is 6.88. The maximum atomic E-state index is 6.03. The second-order valence-electron chi connectivity index (χ2n) is 5.69. The predicted octanol–water partition coefficient (Wildman–Crippen LogP) is 0.652. The molecule has 1 aromatic rings. The number of methoxy groups -OCH3 is 2. The lowest BCUT2D eigenvalue weighted by Gasteiger charge is -2.13. The molecule has 0 saturated carbocycles. The smallest absolute Gasteiger partial charge is 0.307 e. The van der Waals surface area contributed by atoms with Gasteiger partial charge in [-0.25, -0.2) is 4.99 Å². The van der Waals surface area contributed by atoms with Gasteiger partial charge in [0, 0.05) is 0 Å². The summed E-state index contributed by atoms with van der Waals surface area (Å²) in [5.74, 6) is 3.64. The van der Waals surface area contributed by atoms with Crippen molar-refractivity contribution in [3.63, 3.8) is 0 Å². The molecule has 3 rings (SSSR count). The summed E-state index contributed by atoms with van der Waals surface area (Å²) in [6.45, 7) is 3.60. The number of hydrogen-bond donors (Lipinski definition) is 2. The first-order chi connectivity index (χ1) is 12.7. The fraction of sp³-hybridized carbons (Fsp3) is 0.471. The number of morpholine rings is 1. The molecule has 140 valence electrons. The van der Waals surface area contributed by atoms with E-state index in [0.717, 1.165) is 60.1 Å². The Balaban J connectivity index is 1.66. The van der Waals surface area contributed by atoms with Gasteiger partial charge in [-0.15, -0.1) is 0 Å². The van der Waals surface area contributed by atoms with Crippen LogP contribution in [-0.4, -0.2) is 67.8 Å². The first-order valence-electron chi connectivity index (χ1n) is 8.38. The number of thioether (sulfide) groups is 1. The van der Waals surface area contributed by atoms with Gasteiger partial charge < -0.3 is 19.9 Å². The Hall–Kier alpha value is -2.26. The molecule has 0 unspecified atom stereocenters. The molecular weight excluding hydrogens is 354 g/mol. The number of rotatable bonds is 4. The molecular formula is C17H24N5O3S+. The highest BCUT2D eigenvalue weighted by molar-refractivity contribution is 8.14. The van der Waals surface area contributed by atoms with Crippen LogP contribution < -0.4 is 20.5 Å². The van der Waals surface area contributed by atoms with Gasteiger partial charge in [-0.05, 0) is 28.9 Å². The molecule has 1 aromatic carbocycles. The molecule has 3 N–H and O–H groups in total. The Morgan fingerprint density at radius 1 is 1.31 bits per heavy atom. The first-order valence-corrected chi connectivity index (χ1v) is 9.36. The molecule has 8 nitrogen and oxygen atoms in total. The number of nitrogens with two attached hydrogens (primary N) is 1. The van der Waals surface area contributed by atoms with Crippen molar-refractivity contribution in [3.05, 3.63) is 23.8 Å². The van der Waals surface area contributed by atoms with Gasteiger partial charge in [0.1, 0.15) is 30.3 Å². The molecule has 26 heavy (non-hydrogen) atoms. The number of nitrogens with zero attached hydrogens (tertiary/aromatic N) is 3. The van der Waals surface area contributed by atoms with Gasteiger partial charge in [0.05, 0.1) is 39.5 Å². The Bertz CT molecular complexity index is 718. The van der Waals surface area contributed by atoms with Crippen molar-refractivity contribution in [1.29, 1.82) is 0 Å². The number of benzene rings is 1. The van der Waals surface area contributed by atoms with Crippen LogP contribution >= 0.6 is 11.8 Å². The number of amidine groups is 2. The van der Waals surface area contributed by atoms with Crippen LogP contribution in [0.2, 0.25) is 0 Å². The lowest BCUT2D eigenvalue weighted by atomic mass is 10.2. The van der Waals surface area contributed by atoms with Crippen LogP contribution in [0, 0.1) is 0 Å². The zero-order chi connectivity index (χ0) is 18.4. The van der Waals surface area contributed by atoms with Gasteiger partial charge in [-0.3, -0.25) is 9.89 Å². The molecule has 0 amide bonds. The van der Waals surface area contributed by atoms with Gasteiger partial charge >= 0.3 is 5.84 Å². The minimum atomic E-state index is 0.312. The van der Waals surface area contributed by atoms with E-state index >= 15 is 0 Å². The third-order valence-corrected chi connectivity index (χ3v) is 4.99. The molecule has 0 bridgehead atoms. The summed E-state index contributed by atoms with van der Waals surface area (Å²) >= 11 is 1.62. The average molecular weight is 378 g/mol. The Morgan fingerprint density at radius 2 is 2.00 bits per heavy atom. The molecule has 9 heteroatoms. The summed E-state index contributed by atoms with van der Waals surface area (Å²) in [6.07, 6.45) is 0. The predicted molar refractivity (Wildman–Crippen MR) is 104 cm³/mol. The van der Waals surface area contributed by atoms with Crippen molar-refractivity contribution in [3.8, 4) is 11.5 Å². The fourth-order valence-electron chi connectivity index (χ4n) is 2.76. The Labute approximate surface area is 157 Å². The number of nitrogens with one attached hydrogen (secondary N) is 1. The van der Waals surface area contributed by atoms with Crippen LogP contribution in [0.3, 0.4) is 0 Å². The number of hydrogen-bond acceptors (Lipinski definition) is 5. The van der Waals surface area contributed by atoms with Gasteiger partial charge in [0.15, 0.2) is 5.96 Å². The third-order valence-electron chi connectivity index (χ3n) is 4.12. The maximum absolute atomic E-state index is 6.03. The molecule has 0 atom stereocenters. The van der Waals surface area contributed by atoms with Crippen molar-refractivity contribution in [2.24, 2.45) is 15.7 Å². The van der Waals surface area contributed by atoms with E-state index in [-0.39, 0.29) is 0 Å². The van der Waals surface area contributed by atoms with Crippen LogP contribution in [0.25, 0.3) is 0 Å². The van der Waals surface area contributed by atoms with Crippen molar-refractivity contribution < 1.29 is 18.8 Å². The zero-order valence-electron chi connectivity index (χ0n) is 15.0. The highest BCUT2D eigenvalue weighted by atomic mass is 32.2. The third kappa shape index (κ3) is 4.47. The second kappa shape index (κ2) is 8.91. The quantitative estimate of drug-likeness (QED) is 0.454.